The van der Waals surface area contributed by atoms with Gasteiger partial charge in [-0.25, -0.2) is 4.79 Å². The summed E-state index contributed by atoms with van der Waals surface area (Å²) < 4.78 is 15.6. The fourth-order valence-electron chi connectivity index (χ4n) is 3.76. The molecule has 0 aromatic heterocycles. The zero-order valence-electron chi connectivity index (χ0n) is 18.0. The number of carbonyl (C=O) groups excluding carboxylic acids is 2. The molecule has 1 saturated heterocycles. The molecule has 2 aromatic rings. The number of hydrogen-bond acceptors (Lipinski definition) is 6. The Morgan fingerprint density at radius 1 is 0.935 bits per heavy atom. The summed E-state index contributed by atoms with van der Waals surface area (Å²) in [5.41, 5.74) is 1.68. The van der Waals surface area contributed by atoms with E-state index in [4.69, 9.17) is 25.8 Å². The molecule has 1 aliphatic heterocycles. The van der Waals surface area contributed by atoms with Crippen LogP contribution in [0.4, 0.5) is 0 Å². The summed E-state index contributed by atoms with van der Waals surface area (Å²) in [5.74, 6) is 0.935. The average molecular weight is 447 g/mol. The minimum absolute atomic E-state index is 0.0352. The fraction of sp³-hybridized carbons (Fsp3) is 0.391. The van der Waals surface area contributed by atoms with Crippen molar-refractivity contribution in [2.75, 3.05) is 47.5 Å². The lowest BCUT2D eigenvalue weighted by atomic mass is 10.0. The lowest BCUT2D eigenvalue weighted by Gasteiger charge is -2.38. The highest BCUT2D eigenvalue weighted by molar-refractivity contribution is 6.30. The van der Waals surface area contributed by atoms with Crippen LogP contribution in [0.2, 0.25) is 5.02 Å². The number of nitrogens with zero attached hydrogens (tertiary/aromatic N) is 2. The van der Waals surface area contributed by atoms with Crippen LogP contribution in [-0.2, 0) is 20.7 Å². The molecule has 2 aromatic carbocycles. The molecule has 0 aliphatic carbocycles. The van der Waals surface area contributed by atoms with E-state index in [1.165, 1.54) is 7.11 Å². The third kappa shape index (κ3) is 5.48. The minimum atomic E-state index is -0.523. The molecule has 0 spiro atoms. The third-order valence-corrected chi connectivity index (χ3v) is 5.70. The van der Waals surface area contributed by atoms with Crippen molar-refractivity contribution in [3.63, 3.8) is 0 Å². The van der Waals surface area contributed by atoms with E-state index in [1.54, 1.807) is 32.4 Å². The van der Waals surface area contributed by atoms with E-state index in [1.807, 2.05) is 34.1 Å². The van der Waals surface area contributed by atoms with Crippen molar-refractivity contribution in [1.82, 2.24) is 9.80 Å². The zero-order chi connectivity index (χ0) is 22.4. The van der Waals surface area contributed by atoms with E-state index in [2.05, 4.69) is 0 Å². The van der Waals surface area contributed by atoms with Crippen LogP contribution in [0.5, 0.6) is 11.5 Å². The first-order chi connectivity index (χ1) is 15.0. The monoisotopic (exact) mass is 446 g/mol. The number of piperazine rings is 1. The average Bonchev–Trinajstić information content (AvgIpc) is 2.80. The van der Waals surface area contributed by atoms with E-state index in [9.17, 15) is 9.59 Å². The van der Waals surface area contributed by atoms with Crippen molar-refractivity contribution in [2.45, 2.75) is 12.5 Å². The van der Waals surface area contributed by atoms with Gasteiger partial charge in [-0.05, 0) is 35.4 Å². The van der Waals surface area contributed by atoms with Gasteiger partial charge < -0.3 is 19.1 Å². The van der Waals surface area contributed by atoms with Gasteiger partial charge in [0.05, 0.1) is 27.8 Å². The Hall–Kier alpha value is -2.77. The standard InChI is InChI=1S/C23H27ClN2O5/c1-29-19-9-4-16(14-20(19)30-2)15-21(27)25-10-12-26(13-11-25)22(23(28)31-3)17-5-7-18(24)8-6-17/h4-9,14,22H,10-13,15H2,1-3H3. The highest BCUT2D eigenvalue weighted by Gasteiger charge is 2.32. The molecule has 1 amide bonds. The van der Waals surface area contributed by atoms with Gasteiger partial charge in [0.15, 0.2) is 11.5 Å². The highest BCUT2D eigenvalue weighted by atomic mass is 35.5. The van der Waals surface area contributed by atoms with Gasteiger partial charge in [-0.15, -0.1) is 0 Å². The lowest BCUT2D eigenvalue weighted by Crippen LogP contribution is -2.51. The summed E-state index contributed by atoms with van der Waals surface area (Å²) in [6.07, 6.45) is 0.276. The number of ether oxygens (including phenoxy) is 3. The van der Waals surface area contributed by atoms with Gasteiger partial charge in [0.2, 0.25) is 5.91 Å². The van der Waals surface area contributed by atoms with E-state index >= 15 is 0 Å². The summed E-state index contributed by atoms with van der Waals surface area (Å²) in [6.45, 7) is 2.21. The zero-order valence-corrected chi connectivity index (χ0v) is 18.7. The molecule has 0 saturated carbocycles. The first-order valence-electron chi connectivity index (χ1n) is 10.0. The maximum absolute atomic E-state index is 12.8. The van der Waals surface area contributed by atoms with Gasteiger partial charge in [-0.2, -0.15) is 0 Å². The topological polar surface area (TPSA) is 68.3 Å². The van der Waals surface area contributed by atoms with Gasteiger partial charge in [0, 0.05) is 31.2 Å². The van der Waals surface area contributed by atoms with Gasteiger partial charge in [-0.3, -0.25) is 9.69 Å². The minimum Gasteiger partial charge on any atom is -0.493 e. The first-order valence-corrected chi connectivity index (χ1v) is 10.4. The smallest absolute Gasteiger partial charge is 0.327 e. The van der Waals surface area contributed by atoms with Crippen LogP contribution in [-0.4, -0.2) is 69.2 Å². The molecule has 166 valence electrons. The Labute approximate surface area is 187 Å². The second kappa shape index (κ2) is 10.5. The van der Waals surface area contributed by atoms with Crippen LogP contribution in [0.25, 0.3) is 0 Å². The normalized spacial score (nSPS) is 15.3. The molecule has 0 radical (unpaired) electrons. The van der Waals surface area contributed by atoms with E-state index in [0.717, 1.165) is 11.1 Å². The molecular formula is C23H27ClN2O5. The Morgan fingerprint density at radius 2 is 1.58 bits per heavy atom. The summed E-state index contributed by atoms with van der Waals surface area (Å²) in [4.78, 5) is 29.2. The molecule has 31 heavy (non-hydrogen) atoms. The summed E-state index contributed by atoms with van der Waals surface area (Å²) in [5, 5.41) is 0.609. The van der Waals surface area contributed by atoms with Crippen LogP contribution in [0.3, 0.4) is 0 Å². The van der Waals surface area contributed by atoms with E-state index < -0.39 is 6.04 Å². The van der Waals surface area contributed by atoms with Crippen molar-refractivity contribution in [3.05, 3.63) is 58.6 Å². The third-order valence-electron chi connectivity index (χ3n) is 5.45. The Balaban J connectivity index is 1.64. The van der Waals surface area contributed by atoms with Gasteiger partial charge in [0.1, 0.15) is 6.04 Å². The van der Waals surface area contributed by atoms with Crippen molar-refractivity contribution >= 4 is 23.5 Å². The van der Waals surface area contributed by atoms with E-state index in [0.29, 0.717) is 42.7 Å². The SMILES string of the molecule is COC(=O)C(c1ccc(Cl)cc1)N1CCN(C(=O)Cc2ccc(OC)c(OC)c2)CC1. The van der Waals surface area contributed by atoms with Crippen LogP contribution < -0.4 is 9.47 Å². The van der Waals surface area contributed by atoms with Gasteiger partial charge in [-0.1, -0.05) is 29.8 Å². The second-order valence-corrected chi connectivity index (χ2v) is 7.70. The van der Waals surface area contributed by atoms with Crippen molar-refractivity contribution in [2.24, 2.45) is 0 Å². The summed E-state index contributed by atoms with van der Waals surface area (Å²) in [6, 6.07) is 12.1. The molecule has 3 rings (SSSR count). The Kier molecular flexibility index (Phi) is 7.76. The Bertz CT molecular complexity index is 911. The summed E-state index contributed by atoms with van der Waals surface area (Å²) >= 11 is 5.98. The van der Waals surface area contributed by atoms with E-state index in [-0.39, 0.29) is 18.3 Å². The molecule has 1 aliphatic rings. The van der Waals surface area contributed by atoms with Gasteiger partial charge in [0.25, 0.3) is 0 Å². The number of amides is 1. The van der Waals surface area contributed by atoms with Crippen molar-refractivity contribution < 1.29 is 23.8 Å². The number of halogens is 1. The molecule has 0 N–H and O–H groups in total. The fourth-order valence-corrected chi connectivity index (χ4v) is 3.89. The molecule has 1 atom stereocenters. The number of esters is 1. The molecule has 1 heterocycles. The predicted octanol–water partition coefficient (Wildman–Crippen LogP) is 2.96. The van der Waals surface area contributed by atoms with Crippen LogP contribution in [0, 0.1) is 0 Å². The number of hydrogen-bond donors (Lipinski definition) is 0. The molecule has 1 fully saturated rings. The first kappa shape index (κ1) is 22.9. The van der Waals surface area contributed by atoms with Crippen molar-refractivity contribution in [3.8, 4) is 11.5 Å². The quantitative estimate of drug-likeness (QED) is 0.609. The van der Waals surface area contributed by atoms with Crippen LogP contribution in [0.1, 0.15) is 17.2 Å². The second-order valence-electron chi connectivity index (χ2n) is 7.26. The maximum atomic E-state index is 12.8. The summed E-state index contributed by atoms with van der Waals surface area (Å²) in [7, 11) is 4.53. The number of benzene rings is 2. The van der Waals surface area contributed by atoms with Crippen LogP contribution in [0.15, 0.2) is 42.5 Å². The molecule has 7 nitrogen and oxygen atoms in total. The highest BCUT2D eigenvalue weighted by Crippen LogP contribution is 2.28. The number of methoxy groups -OCH3 is 3. The largest absolute Gasteiger partial charge is 0.493 e. The molecular weight excluding hydrogens is 420 g/mol. The Morgan fingerprint density at radius 3 is 2.16 bits per heavy atom. The maximum Gasteiger partial charge on any atom is 0.327 e. The molecule has 0 bridgehead atoms. The van der Waals surface area contributed by atoms with Crippen LogP contribution >= 0.6 is 11.6 Å². The number of carbonyl (C=O) groups is 2. The number of rotatable bonds is 7. The van der Waals surface area contributed by atoms with Gasteiger partial charge >= 0.3 is 5.97 Å². The predicted molar refractivity (Wildman–Crippen MR) is 118 cm³/mol. The lowest BCUT2D eigenvalue weighted by molar-refractivity contribution is -0.148. The van der Waals surface area contributed by atoms with Crippen molar-refractivity contribution in [1.29, 1.82) is 0 Å². The molecule has 1 unspecified atom stereocenters. The molecule has 8 heteroatoms.